The molecule has 0 rings (SSSR count). The number of rotatable bonds is 3. The van der Waals surface area contributed by atoms with Crippen molar-refractivity contribution in [1.82, 2.24) is 0 Å². The standard InChI is InChI=1S/3C2H5.BrH.Sn/c3*1-2;;/h3*1H2,2H3;1H;/p-1. The Labute approximate surface area is 70.6 Å². The predicted octanol–water partition coefficient (Wildman–Crippen LogP) is -0.455. The average molecular weight is 286 g/mol. The molecular weight excluding hydrogens is 271 g/mol. The zero-order valence-electron chi connectivity index (χ0n) is 6.00. The molecular formula is C6H15BrSn-. The van der Waals surface area contributed by atoms with Gasteiger partial charge in [-0.25, -0.2) is 0 Å². The third kappa shape index (κ3) is 5.42. The van der Waals surface area contributed by atoms with Gasteiger partial charge in [-0.1, -0.05) is 0 Å². The summed E-state index contributed by atoms with van der Waals surface area (Å²) in [5.41, 5.74) is 0. The second-order valence-corrected chi connectivity index (χ2v) is 12.1. The Bertz CT molecular complexity index is 30.0. The van der Waals surface area contributed by atoms with Gasteiger partial charge in [0.15, 0.2) is 0 Å². The molecule has 2 heteroatoms. The van der Waals surface area contributed by atoms with Crippen LogP contribution in [0.1, 0.15) is 20.8 Å². The fourth-order valence-corrected chi connectivity index (χ4v) is 5.03. The molecule has 1 radical (unpaired) electrons. The average Bonchev–Trinajstić information content (AvgIpc) is 1.72. The van der Waals surface area contributed by atoms with Crippen LogP contribution in [0.15, 0.2) is 0 Å². The van der Waals surface area contributed by atoms with Gasteiger partial charge in [0.1, 0.15) is 0 Å². The molecule has 0 unspecified atom stereocenters. The Morgan fingerprint density at radius 3 is 1.12 bits per heavy atom. The summed E-state index contributed by atoms with van der Waals surface area (Å²) in [5, 5.41) is 0. The van der Waals surface area contributed by atoms with E-state index < -0.39 is 19.8 Å². The van der Waals surface area contributed by atoms with Gasteiger partial charge in [0.25, 0.3) is 0 Å². The molecule has 0 aromatic rings. The first-order valence-electron chi connectivity index (χ1n) is 3.18. The minimum atomic E-state index is -0.653. The van der Waals surface area contributed by atoms with Crippen LogP contribution in [0.4, 0.5) is 0 Å². The molecule has 0 spiro atoms. The van der Waals surface area contributed by atoms with Crippen molar-refractivity contribution >= 4 is 19.8 Å². The van der Waals surface area contributed by atoms with Gasteiger partial charge in [-0.05, 0) is 0 Å². The Balaban J connectivity index is 0. The maximum atomic E-state index is 2.35. The molecule has 0 aromatic heterocycles. The third-order valence-corrected chi connectivity index (χ3v) is 10.1. The predicted molar refractivity (Wildman–Crippen MR) is 37.2 cm³/mol. The van der Waals surface area contributed by atoms with Crippen LogP contribution in [0.2, 0.25) is 13.3 Å². The monoisotopic (exact) mass is 286 g/mol. The topological polar surface area (TPSA) is 0 Å². The first kappa shape index (κ1) is 12.0. The van der Waals surface area contributed by atoms with Crippen LogP contribution in [-0.2, 0) is 0 Å². The van der Waals surface area contributed by atoms with Gasteiger partial charge in [-0.2, -0.15) is 0 Å². The van der Waals surface area contributed by atoms with Crippen LogP contribution in [0, 0.1) is 0 Å². The summed E-state index contributed by atoms with van der Waals surface area (Å²) in [6, 6.07) is 0. The van der Waals surface area contributed by atoms with E-state index in [1.54, 1.807) is 13.3 Å². The maximum Gasteiger partial charge on any atom is -1.00 e. The van der Waals surface area contributed by atoms with Crippen molar-refractivity contribution in [2.75, 3.05) is 0 Å². The van der Waals surface area contributed by atoms with Crippen molar-refractivity contribution in [3.8, 4) is 0 Å². The molecule has 0 saturated heterocycles. The largest absolute Gasteiger partial charge is 1.00 e. The Kier molecular flexibility index (Phi) is 12.4. The molecule has 0 aliphatic rings. The number of halogens is 1. The molecule has 0 atom stereocenters. The van der Waals surface area contributed by atoms with Gasteiger partial charge in [0, 0.05) is 0 Å². The summed E-state index contributed by atoms with van der Waals surface area (Å²) in [6.45, 7) is 7.05. The summed E-state index contributed by atoms with van der Waals surface area (Å²) in [4.78, 5) is 0. The molecule has 51 valence electrons. The van der Waals surface area contributed by atoms with Crippen molar-refractivity contribution in [1.29, 1.82) is 0 Å². The molecule has 8 heavy (non-hydrogen) atoms. The van der Waals surface area contributed by atoms with E-state index in [9.17, 15) is 0 Å². The van der Waals surface area contributed by atoms with Crippen LogP contribution < -0.4 is 17.0 Å². The van der Waals surface area contributed by atoms with Gasteiger partial charge < -0.3 is 17.0 Å². The van der Waals surface area contributed by atoms with Crippen LogP contribution in [-0.4, -0.2) is 19.8 Å². The normalized spacial score (nSPS) is 9.00. The van der Waals surface area contributed by atoms with Crippen molar-refractivity contribution in [3.05, 3.63) is 0 Å². The number of hydrogen-bond donors (Lipinski definition) is 0. The summed E-state index contributed by atoms with van der Waals surface area (Å²) in [6.07, 6.45) is 0. The molecule has 0 aliphatic carbocycles. The summed E-state index contributed by atoms with van der Waals surface area (Å²) >= 11 is -0.653. The van der Waals surface area contributed by atoms with Crippen molar-refractivity contribution < 1.29 is 17.0 Å². The quantitative estimate of drug-likeness (QED) is 0.616. The third-order valence-electron chi connectivity index (χ3n) is 1.50. The smallest absolute Gasteiger partial charge is 1.00 e. The van der Waals surface area contributed by atoms with E-state index in [1.807, 2.05) is 0 Å². The minimum Gasteiger partial charge on any atom is -1.00 e. The van der Waals surface area contributed by atoms with Crippen LogP contribution in [0.5, 0.6) is 0 Å². The summed E-state index contributed by atoms with van der Waals surface area (Å²) in [7, 11) is 0. The van der Waals surface area contributed by atoms with Gasteiger partial charge in [-0.15, -0.1) is 0 Å². The van der Waals surface area contributed by atoms with E-state index in [0.717, 1.165) is 0 Å². The van der Waals surface area contributed by atoms with Crippen molar-refractivity contribution in [3.63, 3.8) is 0 Å². The Morgan fingerprint density at radius 2 is 1.12 bits per heavy atom. The molecule has 0 saturated carbocycles. The summed E-state index contributed by atoms with van der Waals surface area (Å²) in [5.74, 6) is 0. The molecule has 0 heterocycles. The van der Waals surface area contributed by atoms with E-state index in [2.05, 4.69) is 20.8 Å². The van der Waals surface area contributed by atoms with E-state index >= 15 is 0 Å². The number of hydrogen-bond acceptors (Lipinski definition) is 0. The molecule has 0 bridgehead atoms. The fourth-order valence-electron chi connectivity index (χ4n) is 0.750. The van der Waals surface area contributed by atoms with Crippen LogP contribution in [0.3, 0.4) is 0 Å². The Hall–Kier alpha value is 1.28. The van der Waals surface area contributed by atoms with E-state index in [0.29, 0.717) is 0 Å². The zero-order chi connectivity index (χ0) is 5.70. The summed E-state index contributed by atoms with van der Waals surface area (Å²) < 4.78 is 4.65. The SMILES string of the molecule is C[CH2][Sn]([CH2]C)[CH2]C.[Br-]. The molecule has 0 nitrogen and oxygen atoms in total. The van der Waals surface area contributed by atoms with Gasteiger partial charge in [0.05, 0.1) is 0 Å². The van der Waals surface area contributed by atoms with Gasteiger partial charge in [0.2, 0.25) is 0 Å². The minimum absolute atomic E-state index is 0. The second-order valence-electron chi connectivity index (χ2n) is 1.81. The first-order chi connectivity index (χ1) is 3.35. The second kappa shape index (κ2) is 8.28. The molecule has 0 aromatic carbocycles. The first-order valence-corrected chi connectivity index (χ1v) is 9.24. The van der Waals surface area contributed by atoms with Crippen LogP contribution in [0.25, 0.3) is 0 Å². The maximum absolute atomic E-state index is 2.35. The molecule has 0 fully saturated rings. The van der Waals surface area contributed by atoms with Crippen molar-refractivity contribution in [2.24, 2.45) is 0 Å². The molecule has 0 N–H and O–H groups in total. The zero-order valence-corrected chi connectivity index (χ0v) is 10.4. The van der Waals surface area contributed by atoms with Crippen LogP contribution >= 0.6 is 0 Å². The molecule has 0 aliphatic heterocycles. The fraction of sp³-hybridized carbons (Fsp3) is 1.00. The Morgan fingerprint density at radius 1 is 0.875 bits per heavy atom. The van der Waals surface area contributed by atoms with Gasteiger partial charge >= 0.3 is 53.8 Å². The molecule has 0 amide bonds. The van der Waals surface area contributed by atoms with E-state index in [-0.39, 0.29) is 17.0 Å². The van der Waals surface area contributed by atoms with Crippen molar-refractivity contribution in [2.45, 2.75) is 34.1 Å². The van der Waals surface area contributed by atoms with E-state index in [4.69, 9.17) is 0 Å². The van der Waals surface area contributed by atoms with Gasteiger partial charge in [-0.3, -0.25) is 0 Å². The van der Waals surface area contributed by atoms with E-state index in [1.165, 1.54) is 0 Å².